The fourth-order valence-electron chi connectivity index (χ4n) is 4.37. The average molecular weight is 400 g/mol. The van der Waals surface area contributed by atoms with E-state index in [-0.39, 0.29) is 11.9 Å². The van der Waals surface area contributed by atoms with E-state index in [4.69, 9.17) is 9.47 Å². The van der Waals surface area contributed by atoms with Gasteiger partial charge >= 0.3 is 6.03 Å². The van der Waals surface area contributed by atoms with Gasteiger partial charge in [-0.05, 0) is 44.1 Å². The van der Waals surface area contributed by atoms with E-state index < -0.39 is 6.04 Å². The van der Waals surface area contributed by atoms with Gasteiger partial charge in [-0.15, -0.1) is 0 Å². The fourth-order valence-corrected chi connectivity index (χ4v) is 4.37. The van der Waals surface area contributed by atoms with Gasteiger partial charge in [0.25, 0.3) is 5.91 Å². The number of methoxy groups -OCH3 is 2. The number of benzene rings is 1. The van der Waals surface area contributed by atoms with Crippen LogP contribution < -0.4 is 14.8 Å². The van der Waals surface area contributed by atoms with Crippen LogP contribution in [0.1, 0.15) is 24.4 Å². The molecule has 8 heteroatoms. The van der Waals surface area contributed by atoms with Crippen molar-refractivity contribution in [2.24, 2.45) is 0 Å². The summed E-state index contributed by atoms with van der Waals surface area (Å²) in [5.74, 6) is 1.23. The lowest BCUT2D eigenvalue weighted by Gasteiger charge is -2.31. The van der Waals surface area contributed by atoms with Gasteiger partial charge in [-0.2, -0.15) is 0 Å². The summed E-state index contributed by atoms with van der Waals surface area (Å²) in [4.78, 5) is 31.7. The summed E-state index contributed by atoms with van der Waals surface area (Å²) in [5, 5.41) is 2.96. The van der Waals surface area contributed by atoms with Crippen molar-refractivity contribution < 1.29 is 19.1 Å². The Bertz CT molecular complexity index is 847. The smallest absolute Gasteiger partial charge is 0.322 e. The highest BCUT2D eigenvalue weighted by Gasteiger charge is 2.43. The van der Waals surface area contributed by atoms with Gasteiger partial charge < -0.3 is 24.6 Å². The maximum atomic E-state index is 13.3. The standard InChI is InChI=1S/C21H28N4O4/c1-23-16-13-25(11-10-24-8-4-5-9-24)20(26)18(16)19(22-21(23)27)15-12-14(28-2)6-7-17(15)29-3/h6-7,12,19H,4-5,8-11,13H2,1-3H3,(H,22,27). The molecular formula is C21H28N4O4. The summed E-state index contributed by atoms with van der Waals surface area (Å²) < 4.78 is 10.9. The molecule has 3 aliphatic heterocycles. The third-order valence-corrected chi connectivity index (χ3v) is 6.07. The van der Waals surface area contributed by atoms with E-state index >= 15 is 0 Å². The molecule has 1 aromatic carbocycles. The van der Waals surface area contributed by atoms with E-state index in [9.17, 15) is 9.59 Å². The van der Waals surface area contributed by atoms with Gasteiger partial charge in [0, 0.05) is 25.7 Å². The Labute approximate surface area is 171 Å². The molecule has 0 radical (unpaired) electrons. The number of nitrogens with zero attached hydrogens (tertiary/aromatic N) is 3. The van der Waals surface area contributed by atoms with Crippen LogP contribution in [0.5, 0.6) is 11.5 Å². The van der Waals surface area contributed by atoms with Gasteiger partial charge in [0.2, 0.25) is 0 Å². The van der Waals surface area contributed by atoms with Crippen LogP contribution in [-0.2, 0) is 4.79 Å². The van der Waals surface area contributed by atoms with Gasteiger partial charge in [0.1, 0.15) is 11.5 Å². The predicted molar refractivity (Wildman–Crippen MR) is 108 cm³/mol. The second-order valence-electron chi connectivity index (χ2n) is 7.69. The quantitative estimate of drug-likeness (QED) is 0.785. The van der Waals surface area contributed by atoms with E-state index in [1.54, 1.807) is 38.3 Å². The minimum Gasteiger partial charge on any atom is -0.497 e. The molecule has 1 aromatic rings. The van der Waals surface area contributed by atoms with Crippen LogP contribution in [0.2, 0.25) is 0 Å². The largest absolute Gasteiger partial charge is 0.497 e. The normalized spacial score (nSPS) is 22.2. The maximum Gasteiger partial charge on any atom is 0.322 e. The molecule has 3 amide bonds. The number of likely N-dealkylation sites (N-methyl/N-ethyl adjacent to an activating group) is 1. The van der Waals surface area contributed by atoms with Crippen molar-refractivity contribution in [3.63, 3.8) is 0 Å². The van der Waals surface area contributed by atoms with Gasteiger partial charge in [-0.3, -0.25) is 9.69 Å². The van der Waals surface area contributed by atoms with Crippen LogP contribution in [0, 0.1) is 0 Å². The third kappa shape index (κ3) is 3.53. The summed E-state index contributed by atoms with van der Waals surface area (Å²) in [6.07, 6.45) is 2.45. The Morgan fingerprint density at radius 2 is 1.86 bits per heavy atom. The van der Waals surface area contributed by atoms with Crippen LogP contribution in [0.4, 0.5) is 4.79 Å². The number of amides is 3. The molecule has 156 valence electrons. The van der Waals surface area contributed by atoms with Gasteiger partial charge in [0.15, 0.2) is 0 Å². The van der Waals surface area contributed by atoms with Crippen LogP contribution in [0.3, 0.4) is 0 Å². The van der Waals surface area contributed by atoms with Crippen molar-refractivity contribution in [3.8, 4) is 11.5 Å². The molecule has 1 atom stereocenters. The first-order valence-electron chi connectivity index (χ1n) is 10.0. The number of carbonyl (C=O) groups is 2. The second kappa shape index (κ2) is 7.94. The van der Waals surface area contributed by atoms with Crippen molar-refractivity contribution in [3.05, 3.63) is 35.0 Å². The van der Waals surface area contributed by atoms with Crippen molar-refractivity contribution in [2.75, 3.05) is 54.0 Å². The fraction of sp³-hybridized carbons (Fsp3) is 0.524. The highest BCUT2D eigenvalue weighted by Crippen LogP contribution is 2.40. The van der Waals surface area contributed by atoms with E-state index in [1.165, 1.54) is 12.8 Å². The minimum absolute atomic E-state index is 0.0269. The monoisotopic (exact) mass is 400 g/mol. The molecule has 0 spiro atoms. The lowest BCUT2D eigenvalue weighted by molar-refractivity contribution is -0.126. The van der Waals surface area contributed by atoms with Crippen LogP contribution >= 0.6 is 0 Å². The zero-order chi connectivity index (χ0) is 20.5. The molecule has 1 fully saturated rings. The molecule has 3 aliphatic rings. The molecule has 0 bridgehead atoms. The number of hydrogen-bond acceptors (Lipinski definition) is 5. The van der Waals surface area contributed by atoms with Crippen molar-refractivity contribution in [2.45, 2.75) is 18.9 Å². The molecule has 3 heterocycles. The van der Waals surface area contributed by atoms with E-state index in [0.717, 1.165) is 30.9 Å². The van der Waals surface area contributed by atoms with E-state index in [0.29, 0.717) is 30.2 Å². The second-order valence-corrected chi connectivity index (χ2v) is 7.69. The number of rotatable bonds is 6. The Morgan fingerprint density at radius 3 is 2.55 bits per heavy atom. The lowest BCUT2D eigenvalue weighted by atomic mass is 9.94. The summed E-state index contributed by atoms with van der Waals surface area (Å²) in [5.41, 5.74) is 2.09. The Balaban J connectivity index is 1.64. The Kier molecular flexibility index (Phi) is 5.36. The molecular weight excluding hydrogens is 372 g/mol. The molecule has 1 unspecified atom stereocenters. The number of nitrogens with one attached hydrogen (secondary N) is 1. The van der Waals surface area contributed by atoms with Gasteiger partial charge in [-0.25, -0.2) is 4.79 Å². The third-order valence-electron chi connectivity index (χ3n) is 6.07. The zero-order valence-corrected chi connectivity index (χ0v) is 17.2. The molecule has 8 nitrogen and oxygen atoms in total. The average Bonchev–Trinajstić information content (AvgIpc) is 3.37. The van der Waals surface area contributed by atoms with Crippen LogP contribution in [0.25, 0.3) is 0 Å². The van der Waals surface area contributed by atoms with Gasteiger partial charge in [-0.1, -0.05) is 0 Å². The van der Waals surface area contributed by atoms with Gasteiger partial charge in [0.05, 0.1) is 38.1 Å². The summed E-state index contributed by atoms with van der Waals surface area (Å²) in [6, 6.07) is 4.62. The summed E-state index contributed by atoms with van der Waals surface area (Å²) in [7, 11) is 4.88. The molecule has 1 N–H and O–H groups in total. The number of carbonyl (C=O) groups excluding carboxylic acids is 2. The molecule has 0 saturated carbocycles. The van der Waals surface area contributed by atoms with Crippen molar-refractivity contribution in [1.82, 2.24) is 20.0 Å². The number of hydrogen-bond donors (Lipinski definition) is 1. The Morgan fingerprint density at radius 1 is 1.10 bits per heavy atom. The summed E-state index contributed by atoms with van der Waals surface area (Å²) >= 11 is 0. The first-order valence-corrected chi connectivity index (χ1v) is 10.0. The molecule has 4 rings (SSSR count). The first kappa shape index (κ1) is 19.6. The van der Waals surface area contributed by atoms with Crippen LogP contribution in [-0.4, -0.2) is 80.6 Å². The number of urea groups is 1. The minimum atomic E-state index is -0.567. The predicted octanol–water partition coefficient (Wildman–Crippen LogP) is 1.59. The lowest BCUT2D eigenvalue weighted by Crippen LogP contribution is -2.45. The number of ether oxygens (including phenoxy) is 2. The molecule has 29 heavy (non-hydrogen) atoms. The molecule has 0 aromatic heterocycles. The maximum absolute atomic E-state index is 13.3. The topological polar surface area (TPSA) is 74.3 Å². The highest BCUT2D eigenvalue weighted by molar-refractivity contribution is 6.01. The highest BCUT2D eigenvalue weighted by atomic mass is 16.5. The van der Waals surface area contributed by atoms with Crippen molar-refractivity contribution in [1.29, 1.82) is 0 Å². The van der Waals surface area contributed by atoms with Crippen molar-refractivity contribution >= 4 is 11.9 Å². The molecule has 0 aliphatic carbocycles. The summed E-state index contributed by atoms with van der Waals surface area (Å²) in [6.45, 7) is 4.17. The van der Waals surface area contributed by atoms with E-state index in [1.807, 2.05) is 11.0 Å². The first-order chi connectivity index (χ1) is 14.0. The van der Waals surface area contributed by atoms with Crippen LogP contribution in [0.15, 0.2) is 29.5 Å². The Hall–Kier alpha value is -2.74. The molecule has 1 saturated heterocycles. The SMILES string of the molecule is COc1ccc(OC)c(C2NC(=O)N(C)C3=C2C(=O)N(CCN2CCCC2)C3)c1. The number of likely N-dealkylation sites (tertiary alicyclic amines) is 1. The van der Waals surface area contributed by atoms with E-state index in [2.05, 4.69) is 10.2 Å². The zero-order valence-electron chi connectivity index (χ0n) is 17.2.